The molecule has 0 saturated heterocycles. The van der Waals surface area contributed by atoms with Crippen LogP contribution >= 0.6 is 0 Å². The number of sulfonamides is 1. The van der Waals surface area contributed by atoms with Gasteiger partial charge >= 0.3 is 5.97 Å². The third-order valence-corrected chi connectivity index (χ3v) is 5.14. The topological polar surface area (TPSA) is 131 Å². The van der Waals surface area contributed by atoms with Crippen molar-refractivity contribution in [2.75, 3.05) is 13.4 Å². The second-order valence-corrected chi connectivity index (χ2v) is 8.67. The van der Waals surface area contributed by atoms with Gasteiger partial charge in [0.05, 0.1) is 24.4 Å². The number of methoxy groups -OCH3 is 1. The predicted octanol–water partition coefficient (Wildman–Crippen LogP) is 2.26. The number of H-pyrrole nitrogens is 1. The van der Waals surface area contributed by atoms with Gasteiger partial charge in [-0.1, -0.05) is 12.1 Å². The van der Waals surface area contributed by atoms with Crippen LogP contribution in [0.4, 0.5) is 0 Å². The quantitative estimate of drug-likeness (QED) is 0.472. The maximum atomic E-state index is 11.3. The molecule has 3 aromatic rings. The van der Waals surface area contributed by atoms with Gasteiger partial charge in [0.1, 0.15) is 23.4 Å². The second kappa shape index (κ2) is 8.72. The smallest absolute Gasteiger partial charge is 0.322 e. The minimum Gasteiger partial charge on any atom is -0.497 e. The number of fused-ring (bicyclic) bond motifs is 1. The van der Waals surface area contributed by atoms with Crippen LogP contribution in [0.25, 0.3) is 11.0 Å². The summed E-state index contributed by atoms with van der Waals surface area (Å²) < 4.78 is 35.9. The molecule has 9 nitrogen and oxygen atoms in total. The fourth-order valence-corrected chi connectivity index (χ4v) is 3.67. The summed E-state index contributed by atoms with van der Waals surface area (Å²) in [5.41, 5.74) is 2.30. The van der Waals surface area contributed by atoms with E-state index in [9.17, 15) is 18.3 Å². The summed E-state index contributed by atoms with van der Waals surface area (Å²) in [7, 11) is -2.03. The number of aliphatic carboxylic acids is 1. The number of hydrogen-bond donors (Lipinski definition) is 3. The highest BCUT2D eigenvalue weighted by Crippen LogP contribution is 2.24. The van der Waals surface area contributed by atoms with Crippen LogP contribution in [-0.2, 0) is 21.2 Å². The zero-order valence-electron chi connectivity index (χ0n) is 16.7. The van der Waals surface area contributed by atoms with Crippen LogP contribution in [0.1, 0.15) is 24.4 Å². The molecule has 0 fully saturated rings. The third kappa shape index (κ3) is 5.49. The van der Waals surface area contributed by atoms with E-state index in [0.29, 0.717) is 17.1 Å². The molecule has 0 aliphatic rings. The number of benzene rings is 2. The Bertz CT molecular complexity index is 1140. The van der Waals surface area contributed by atoms with Crippen molar-refractivity contribution in [2.45, 2.75) is 25.5 Å². The van der Waals surface area contributed by atoms with Gasteiger partial charge in [0, 0.05) is 6.07 Å². The van der Waals surface area contributed by atoms with Crippen LogP contribution in [0.15, 0.2) is 42.5 Å². The van der Waals surface area contributed by atoms with Crippen LogP contribution in [0.3, 0.4) is 0 Å². The first-order valence-corrected chi connectivity index (χ1v) is 11.0. The van der Waals surface area contributed by atoms with E-state index in [4.69, 9.17) is 9.47 Å². The Labute approximate surface area is 174 Å². The molecule has 160 valence electrons. The lowest BCUT2D eigenvalue weighted by Gasteiger charge is -2.15. The van der Waals surface area contributed by atoms with Crippen molar-refractivity contribution in [3.63, 3.8) is 0 Å². The summed E-state index contributed by atoms with van der Waals surface area (Å²) >= 11 is 0. The van der Waals surface area contributed by atoms with Gasteiger partial charge < -0.3 is 19.6 Å². The number of rotatable bonds is 9. The normalized spacial score (nSPS) is 13.7. The van der Waals surface area contributed by atoms with Crippen LogP contribution < -0.4 is 14.2 Å². The average molecular weight is 433 g/mol. The number of carboxylic acids is 1. The van der Waals surface area contributed by atoms with Crippen molar-refractivity contribution in [3.05, 3.63) is 53.9 Å². The number of nitrogens with one attached hydrogen (secondary N) is 2. The van der Waals surface area contributed by atoms with E-state index in [1.54, 1.807) is 31.4 Å². The average Bonchev–Trinajstić information content (AvgIpc) is 3.11. The fourth-order valence-electron chi connectivity index (χ4n) is 2.97. The van der Waals surface area contributed by atoms with E-state index >= 15 is 0 Å². The van der Waals surface area contributed by atoms with Crippen molar-refractivity contribution in [2.24, 2.45) is 0 Å². The van der Waals surface area contributed by atoms with Gasteiger partial charge in [-0.25, -0.2) is 18.1 Å². The zero-order valence-corrected chi connectivity index (χ0v) is 17.6. The number of carbonyl (C=O) groups is 1. The molecule has 1 unspecified atom stereocenters. The first-order chi connectivity index (χ1) is 14.1. The third-order valence-electron chi connectivity index (χ3n) is 4.42. The van der Waals surface area contributed by atoms with Gasteiger partial charge in [-0.2, -0.15) is 0 Å². The molecule has 1 aromatic heterocycles. The van der Waals surface area contributed by atoms with E-state index in [-0.39, 0.29) is 12.5 Å². The number of carboxylic acid groups (broad SMARTS) is 1. The first kappa shape index (κ1) is 21.6. The molecular formula is C20H23N3O6S. The number of nitrogens with zero attached hydrogens (tertiary/aromatic N) is 1. The largest absolute Gasteiger partial charge is 0.497 e. The summed E-state index contributed by atoms with van der Waals surface area (Å²) in [5, 5.41) is 9.22. The Morgan fingerprint density at radius 1 is 1.20 bits per heavy atom. The van der Waals surface area contributed by atoms with E-state index in [0.717, 1.165) is 23.0 Å². The summed E-state index contributed by atoms with van der Waals surface area (Å²) in [6, 6.07) is 11.1. The molecule has 2 atom stereocenters. The second-order valence-electron chi connectivity index (χ2n) is 6.89. The number of aromatic amines is 1. The first-order valence-electron chi connectivity index (χ1n) is 9.14. The number of hydrogen-bond acceptors (Lipinski definition) is 6. The van der Waals surface area contributed by atoms with E-state index in [1.165, 1.54) is 0 Å². The molecule has 30 heavy (non-hydrogen) atoms. The molecule has 1 heterocycles. The van der Waals surface area contributed by atoms with E-state index < -0.39 is 22.0 Å². The van der Waals surface area contributed by atoms with Gasteiger partial charge in [-0.15, -0.1) is 0 Å². The van der Waals surface area contributed by atoms with Crippen LogP contribution in [-0.4, -0.2) is 48.9 Å². The van der Waals surface area contributed by atoms with Crippen molar-refractivity contribution in [3.8, 4) is 11.5 Å². The maximum Gasteiger partial charge on any atom is 0.322 e. The fraction of sp³-hybridized carbons (Fsp3) is 0.300. The number of aromatic nitrogens is 2. The van der Waals surface area contributed by atoms with Crippen LogP contribution in [0.2, 0.25) is 0 Å². The van der Waals surface area contributed by atoms with Crippen LogP contribution in [0, 0.1) is 0 Å². The molecule has 3 N–H and O–H groups in total. The molecule has 3 rings (SSSR count). The summed E-state index contributed by atoms with van der Waals surface area (Å²) in [6.45, 7) is 1.86. The molecule has 2 aromatic carbocycles. The van der Waals surface area contributed by atoms with Crippen molar-refractivity contribution in [1.29, 1.82) is 0 Å². The number of imidazole rings is 1. The highest BCUT2D eigenvalue weighted by molar-refractivity contribution is 7.88. The predicted molar refractivity (Wildman–Crippen MR) is 111 cm³/mol. The van der Waals surface area contributed by atoms with Crippen molar-refractivity contribution < 1.29 is 27.8 Å². The highest BCUT2D eigenvalue weighted by Gasteiger charge is 2.22. The molecule has 0 spiro atoms. The Hall–Kier alpha value is -3.11. The van der Waals surface area contributed by atoms with Gasteiger partial charge in [0.2, 0.25) is 10.0 Å². The summed E-state index contributed by atoms with van der Waals surface area (Å²) in [5.74, 6) is 0.723. The molecule has 0 bridgehead atoms. The molecular weight excluding hydrogens is 410 g/mol. The lowest BCUT2D eigenvalue weighted by molar-refractivity contribution is -0.138. The summed E-state index contributed by atoms with van der Waals surface area (Å²) in [4.78, 5) is 19.0. The number of ether oxygens (including phenoxy) is 2. The van der Waals surface area contributed by atoms with Crippen molar-refractivity contribution in [1.82, 2.24) is 14.7 Å². The SMILES string of the molecule is COc1ccc2nc(C(C)Oc3ccc(C[C@H](NS(C)(=O)=O)C(=O)O)cc3)[nH]c2c1. The highest BCUT2D eigenvalue weighted by atomic mass is 32.2. The maximum absolute atomic E-state index is 11.3. The van der Waals surface area contributed by atoms with Gasteiger partial charge in [-0.05, 0) is 43.2 Å². The molecule has 0 aliphatic heterocycles. The van der Waals surface area contributed by atoms with E-state index in [2.05, 4.69) is 14.7 Å². The Balaban J connectivity index is 1.68. The molecule has 0 amide bonds. The standard InChI is InChI=1S/C20H23N3O6S/c1-12(19-21-16-9-8-15(28-2)11-17(16)22-19)29-14-6-4-13(5-7-14)10-18(20(24)25)23-30(3,26)27/h4-9,11-12,18,23H,10H2,1-3H3,(H,21,22)(H,24,25)/t12?,18-/m0/s1. The summed E-state index contributed by atoms with van der Waals surface area (Å²) in [6.07, 6.45) is 0.590. The van der Waals surface area contributed by atoms with Gasteiger partial charge in [-0.3, -0.25) is 4.79 Å². The monoisotopic (exact) mass is 433 g/mol. The Kier molecular flexibility index (Phi) is 6.28. The molecule has 0 radical (unpaired) electrons. The molecule has 0 aliphatic carbocycles. The van der Waals surface area contributed by atoms with Gasteiger partial charge in [0.15, 0.2) is 6.10 Å². The zero-order chi connectivity index (χ0) is 21.9. The van der Waals surface area contributed by atoms with Crippen molar-refractivity contribution >= 4 is 27.0 Å². The van der Waals surface area contributed by atoms with Crippen LogP contribution in [0.5, 0.6) is 11.5 Å². The Morgan fingerprint density at radius 2 is 1.87 bits per heavy atom. The minimum atomic E-state index is -3.63. The lowest BCUT2D eigenvalue weighted by Crippen LogP contribution is -2.41. The lowest BCUT2D eigenvalue weighted by atomic mass is 10.1. The Morgan fingerprint density at radius 3 is 2.47 bits per heavy atom. The molecule has 0 saturated carbocycles. The van der Waals surface area contributed by atoms with E-state index in [1.807, 2.05) is 25.1 Å². The molecule has 10 heteroatoms. The van der Waals surface area contributed by atoms with Gasteiger partial charge in [0.25, 0.3) is 0 Å². The minimum absolute atomic E-state index is 0.0175.